The van der Waals surface area contributed by atoms with Crippen molar-refractivity contribution in [2.75, 3.05) is 0 Å². The summed E-state index contributed by atoms with van der Waals surface area (Å²) >= 11 is 0. The molecule has 0 radical (unpaired) electrons. The van der Waals surface area contributed by atoms with Crippen LogP contribution in [0.4, 0.5) is 4.39 Å². The third-order valence-corrected chi connectivity index (χ3v) is 8.53. The molecule has 6 rings (SSSR count). The van der Waals surface area contributed by atoms with E-state index in [-0.39, 0.29) is 0 Å². The number of alkyl halides is 1. The summed E-state index contributed by atoms with van der Waals surface area (Å²) in [4.78, 5) is 37.8. The highest BCUT2D eigenvalue weighted by atomic mass is 18.2. The number of hydrogen-bond acceptors (Lipinski definition) is 11. The Morgan fingerprint density at radius 3 is 2.16 bits per heavy atom. The van der Waals surface area contributed by atoms with Crippen LogP contribution in [0.2, 0.25) is 0 Å². The number of fused-ring (bicyclic) bond motifs is 1. The van der Waals surface area contributed by atoms with Crippen molar-refractivity contribution in [3.63, 3.8) is 0 Å². The third kappa shape index (κ3) is 1.43. The van der Waals surface area contributed by atoms with Gasteiger partial charge >= 0.3 is 17.9 Å². The van der Waals surface area contributed by atoms with Gasteiger partial charge in [-0.05, 0) is 5.41 Å². The molecule has 170 valence electrons. The van der Waals surface area contributed by atoms with Gasteiger partial charge < -0.3 is 39.4 Å². The van der Waals surface area contributed by atoms with Crippen LogP contribution in [0.15, 0.2) is 0 Å². The zero-order valence-corrected chi connectivity index (χ0v) is 16.6. The van der Waals surface area contributed by atoms with Crippen molar-refractivity contribution in [1.29, 1.82) is 0 Å². The lowest BCUT2D eigenvalue weighted by Gasteiger charge is -2.47. The summed E-state index contributed by atoms with van der Waals surface area (Å²) in [6.45, 7) is 4.91. The van der Waals surface area contributed by atoms with Crippen LogP contribution in [0.25, 0.3) is 0 Å². The molecule has 12 heteroatoms. The van der Waals surface area contributed by atoms with Gasteiger partial charge in [0, 0.05) is 5.92 Å². The van der Waals surface area contributed by atoms with Crippen LogP contribution in [0, 0.1) is 22.2 Å². The molecule has 2 spiro atoms. The van der Waals surface area contributed by atoms with Gasteiger partial charge in [-0.2, -0.15) is 0 Å². The van der Waals surface area contributed by atoms with Gasteiger partial charge in [-0.3, -0.25) is 0 Å². The zero-order valence-electron chi connectivity index (χ0n) is 16.6. The molecule has 12 atom stereocenters. The van der Waals surface area contributed by atoms with Crippen molar-refractivity contribution in [3.8, 4) is 0 Å². The first-order valence-electron chi connectivity index (χ1n) is 9.97. The normalized spacial score (nSPS) is 61.0. The SMILES string of the molecule is CC(C)(C)[C@@H]1[C@H]([18F])C2OC(=O)C34OC5OC(=O)[C@H](O)C51C23[C@@H](O)C1OC(=O)[C@@H](O)[C@@]14O. The second-order valence-electron chi connectivity index (χ2n) is 10.4. The molecule has 4 heterocycles. The highest BCUT2D eigenvalue weighted by Gasteiger charge is 3.05. The summed E-state index contributed by atoms with van der Waals surface area (Å²) in [6, 6.07) is 0. The Balaban J connectivity index is 1.75. The summed E-state index contributed by atoms with van der Waals surface area (Å²) in [5.74, 6) is -5.06. The minimum absolute atomic E-state index is 0.979. The number of aliphatic hydroxyl groups excluding tert-OH is 3. The van der Waals surface area contributed by atoms with E-state index in [0.29, 0.717) is 0 Å². The predicted molar refractivity (Wildman–Crippen MR) is 89.1 cm³/mol. The van der Waals surface area contributed by atoms with E-state index in [1.165, 1.54) is 0 Å². The van der Waals surface area contributed by atoms with Crippen LogP contribution in [0.5, 0.6) is 0 Å². The number of carbonyl (C=O) groups is 3. The number of ether oxygens (including phenoxy) is 4. The Hall–Kier alpha value is -1.86. The smallest absolute Gasteiger partial charge is 0.343 e. The molecule has 6 fully saturated rings. The maximum absolute atomic E-state index is 16.1. The molecule has 4 aliphatic heterocycles. The Labute approximate surface area is 174 Å². The van der Waals surface area contributed by atoms with Gasteiger partial charge in [0.15, 0.2) is 23.9 Å². The molecular weight excluding hydrogens is 422 g/mol. The van der Waals surface area contributed by atoms with E-state index < -0.39 is 94.3 Å². The van der Waals surface area contributed by atoms with Gasteiger partial charge in [-0.25, -0.2) is 18.8 Å². The van der Waals surface area contributed by atoms with Crippen LogP contribution in [-0.4, -0.2) is 92.5 Å². The van der Waals surface area contributed by atoms with Crippen LogP contribution in [-0.2, 0) is 33.3 Å². The largest absolute Gasteiger partial charge is 0.456 e. The fraction of sp³-hybridized carbons (Fsp3) is 0.842. The van der Waals surface area contributed by atoms with Crippen molar-refractivity contribution in [1.82, 2.24) is 0 Å². The first-order chi connectivity index (χ1) is 14.3. The Bertz CT molecular complexity index is 963. The Morgan fingerprint density at radius 2 is 1.55 bits per heavy atom. The van der Waals surface area contributed by atoms with Gasteiger partial charge in [0.25, 0.3) is 0 Å². The number of carbonyl (C=O) groups excluding carboxylic acids is 3. The van der Waals surface area contributed by atoms with Crippen molar-refractivity contribution < 1.29 is 58.1 Å². The number of rotatable bonds is 0. The van der Waals surface area contributed by atoms with Crippen LogP contribution < -0.4 is 0 Å². The van der Waals surface area contributed by atoms with Crippen molar-refractivity contribution in [2.24, 2.45) is 22.2 Å². The Kier molecular flexibility index (Phi) is 3.12. The second-order valence-corrected chi connectivity index (χ2v) is 10.4. The molecule has 0 aromatic heterocycles. The van der Waals surface area contributed by atoms with Crippen LogP contribution in [0.1, 0.15) is 20.8 Å². The lowest BCUT2D eigenvalue weighted by molar-refractivity contribution is -0.245. The first-order valence-corrected chi connectivity index (χ1v) is 9.97. The molecule has 6 aliphatic rings. The summed E-state index contributed by atoms with van der Waals surface area (Å²) in [5.41, 5.74) is -10.9. The third-order valence-electron chi connectivity index (χ3n) is 8.53. The van der Waals surface area contributed by atoms with Gasteiger partial charge in [0.1, 0.15) is 18.4 Å². The monoisotopic (exact) mass is 443 g/mol. The highest BCUT2D eigenvalue weighted by molar-refractivity contribution is 5.94. The number of aliphatic hydroxyl groups is 4. The van der Waals surface area contributed by atoms with E-state index in [2.05, 4.69) is 0 Å². The fourth-order valence-corrected chi connectivity index (χ4v) is 7.95. The number of halogens is 1. The fourth-order valence-electron chi connectivity index (χ4n) is 7.95. The maximum Gasteiger partial charge on any atom is 0.343 e. The molecule has 11 nitrogen and oxygen atoms in total. The topological polar surface area (TPSA) is 169 Å². The summed E-state index contributed by atoms with van der Waals surface area (Å²) in [6.07, 6.45) is -13.8. The molecule has 2 aliphatic carbocycles. The zero-order chi connectivity index (χ0) is 22.7. The van der Waals surface area contributed by atoms with Crippen molar-refractivity contribution in [2.45, 2.75) is 75.0 Å². The molecule has 31 heavy (non-hydrogen) atoms. The van der Waals surface area contributed by atoms with Crippen LogP contribution in [0.3, 0.4) is 0 Å². The molecule has 0 amide bonds. The van der Waals surface area contributed by atoms with Gasteiger partial charge in [0.05, 0.1) is 10.8 Å². The van der Waals surface area contributed by atoms with Gasteiger partial charge in [-0.1, -0.05) is 20.8 Å². The molecule has 4 N–H and O–H groups in total. The minimum Gasteiger partial charge on any atom is -0.456 e. The molecule has 0 bridgehead atoms. The molecule has 4 saturated heterocycles. The number of hydrogen-bond donors (Lipinski definition) is 4. The minimum atomic E-state index is -2.87. The molecule has 2 saturated carbocycles. The van der Waals surface area contributed by atoms with Crippen molar-refractivity contribution in [3.05, 3.63) is 0 Å². The standard InChI is InChI=1S/C19H21FO11/c1-15(2,3)5-4(20)9-17-6(21)10-18(27,8(23)12(25)28-10)19(17,13(26)29-9)31-14-16(5,17)7(22)11(24)30-14/h4-10,14,21-23,27H,1-3H3/t4-,5-,6-,7-,8+,9?,10?,14?,16?,17?,18+,19?/m0/s1/i20-1. The van der Waals surface area contributed by atoms with E-state index in [1.54, 1.807) is 20.8 Å². The van der Waals surface area contributed by atoms with E-state index >= 15 is 4.39 Å². The van der Waals surface area contributed by atoms with Crippen molar-refractivity contribution >= 4 is 17.9 Å². The predicted octanol–water partition coefficient (Wildman–Crippen LogP) is -2.70. The van der Waals surface area contributed by atoms with Gasteiger partial charge in [-0.15, -0.1) is 0 Å². The first kappa shape index (κ1) is 19.8. The molecule has 6 unspecified atom stereocenters. The average Bonchev–Trinajstić information content (AvgIpc) is 3.35. The quantitative estimate of drug-likeness (QED) is 0.227. The second kappa shape index (κ2) is 4.88. The van der Waals surface area contributed by atoms with Gasteiger partial charge in [0.2, 0.25) is 11.9 Å². The summed E-state index contributed by atoms with van der Waals surface area (Å²) in [5, 5.41) is 44.6. The lowest BCUT2D eigenvalue weighted by Crippen LogP contribution is -2.68. The average molecular weight is 443 g/mol. The summed E-state index contributed by atoms with van der Waals surface area (Å²) in [7, 11) is 0. The van der Waals surface area contributed by atoms with E-state index in [1.807, 2.05) is 0 Å². The number of esters is 3. The van der Waals surface area contributed by atoms with E-state index in [4.69, 9.17) is 18.9 Å². The molecule has 0 aromatic rings. The Morgan fingerprint density at radius 1 is 0.935 bits per heavy atom. The summed E-state index contributed by atoms with van der Waals surface area (Å²) < 4.78 is 37.4. The maximum atomic E-state index is 16.1. The molecular formula is C19H21FO11. The lowest BCUT2D eigenvalue weighted by atomic mass is 9.51. The van der Waals surface area contributed by atoms with Crippen LogP contribution >= 0.6 is 0 Å². The van der Waals surface area contributed by atoms with E-state index in [9.17, 15) is 34.8 Å². The highest BCUT2D eigenvalue weighted by Crippen LogP contribution is 2.84. The molecule has 0 aromatic carbocycles. The van der Waals surface area contributed by atoms with E-state index in [0.717, 1.165) is 0 Å².